The van der Waals surface area contributed by atoms with Crippen molar-refractivity contribution in [3.63, 3.8) is 0 Å². The summed E-state index contributed by atoms with van der Waals surface area (Å²) in [4.78, 5) is 57.8. The number of carbonyl (C=O) groups is 2. The smallest absolute Gasteiger partial charge is 0.243 e. The van der Waals surface area contributed by atoms with Crippen LogP contribution in [-0.4, -0.2) is 156 Å². The molecule has 4 saturated heterocycles. The number of nitrogen functional groups attached to an aromatic ring is 1. The fourth-order valence-electron chi connectivity index (χ4n) is 12.2. The van der Waals surface area contributed by atoms with Crippen molar-refractivity contribution in [2.45, 2.75) is 108 Å². The van der Waals surface area contributed by atoms with Gasteiger partial charge in [-0.1, -0.05) is 61.3 Å². The number of fused-ring (bicyclic) bond motifs is 2. The Hall–Kier alpha value is -8.39. The Morgan fingerprint density at radius 1 is 0.867 bits per heavy atom. The van der Waals surface area contributed by atoms with E-state index >= 15 is 0 Å². The number of anilines is 4. The molecular formula is C61H68N14O7S. The number of aliphatic hydroxyl groups is 1. The number of nitrogens with one attached hydrogen (secondary N) is 1. The third-order valence-corrected chi connectivity index (χ3v) is 17.7. The van der Waals surface area contributed by atoms with E-state index < -0.39 is 18.1 Å². The van der Waals surface area contributed by atoms with Crippen LogP contribution in [0.5, 0.6) is 17.4 Å². The van der Waals surface area contributed by atoms with Crippen LogP contribution in [0.3, 0.4) is 0 Å². The lowest BCUT2D eigenvalue weighted by Crippen LogP contribution is -2.54. The first-order valence-corrected chi connectivity index (χ1v) is 29.4. The number of rotatable bonds is 16. The lowest BCUT2D eigenvalue weighted by Gasteiger charge is -2.43. The zero-order chi connectivity index (χ0) is 57.3. The highest BCUT2D eigenvalue weighted by Gasteiger charge is 2.45. The summed E-state index contributed by atoms with van der Waals surface area (Å²) in [5.74, 6) is 8.08. The highest BCUT2D eigenvalue weighted by Crippen LogP contribution is 2.41. The van der Waals surface area contributed by atoms with Crippen molar-refractivity contribution >= 4 is 46.2 Å². The van der Waals surface area contributed by atoms with Crippen molar-refractivity contribution in [3.8, 4) is 50.9 Å². The number of phenolic OH excluding ortho intramolecular Hbond substituents is 1. The van der Waals surface area contributed by atoms with Gasteiger partial charge in [0.05, 0.1) is 58.5 Å². The molecule has 2 aromatic carbocycles. The van der Waals surface area contributed by atoms with E-state index in [2.05, 4.69) is 78.1 Å². The maximum absolute atomic E-state index is 14.4. The van der Waals surface area contributed by atoms with Crippen molar-refractivity contribution in [1.29, 1.82) is 0 Å². The second-order valence-electron chi connectivity index (χ2n) is 22.6. The van der Waals surface area contributed by atoms with Crippen molar-refractivity contribution in [3.05, 3.63) is 120 Å². The zero-order valence-corrected chi connectivity index (χ0v) is 47.7. The molecule has 0 radical (unpaired) electrons. The number of phenols is 1. The number of hydrogen-bond donors (Lipinski definition) is 4. The van der Waals surface area contributed by atoms with Crippen molar-refractivity contribution in [2.75, 3.05) is 72.8 Å². The summed E-state index contributed by atoms with van der Waals surface area (Å²) >= 11 is 1.59. The number of piperazine rings is 2. The summed E-state index contributed by atoms with van der Waals surface area (Å²) in [5, 5.41) is 37.3. The van der Waals surface area contributed by atoms with Gasteiger partial charge in [0.15, 0.2) is 23.1 Å². The van der Waals surface area contributed by atoms with Gasteiger partial charge in [-0.05, 0) is 73.9 Å². The highest BCUT2D eigenvalue weighted by atomic mass is 32.1. The molecule has 0 spiro atoms. The Morgan fingerprint density at radius 3 is 2.34 bits per heavy atom. The van der Waals surface area contributed by atoms with E-state index in [-0.39, 0.29) is 66.8 Å². The summed E-state index contributed by atoms with van der Waals surface area (Å²) in [6, 6.07) is 22.4. The number of aromatic nitrogens is 7. The van der Waals surface area contributed by atoms with Crippen LogP contribution in [0.25, 0.3) is 21.7 Å². The molecule has 1 unspecified atom stereocenters. The molecule has 2 bridgehead atoms. The number of likely N-dealkylation sites (tertiary alicyclic amines) is 1. The monoisotopic (exact) mass is 1140 g/mol. The lowest BCUT2D eigenvalue weighted by molar-refractivity contribution is -0.141. The van der Waals surface area contributed by atoms with Gasteiger partial charge in [0.2, 0.25) is 23.5 Å². The molecule has 6 atom stereocenters. The van der Waals surface area contributed by atoms with E-state index in [1.807, 2.05) is 94.0 Å². The van der Waals surface area contributed by atoms with Crippen molar-refractivity contribution in [1.82, 2.24) is 50.4 Å². The lowest BCUT2D eigenvalue weighted by atomic mass is 9.91. The number of benzene rings is 2. The van der Waals surface area contributed by atoms with Crippen LogP contribution in [0, 0.1) is 24.7 Å². The minimum Gasteiger partial charge on any atom is -0.507 e. The Morgan fingerprint density at radius 2 is 1.61 bits per heavy atom. The summed E-state index contributed by atoms with van der Waals surface area (Å²) in [6.45, 7) is 12.8. The largest absolute Gasteiger partial charge is 0.507 e. The first-order chi connectivity index (χ1) is 40.3. The highest BCUT2D eigenvalue weighted by molar-refractivity contribution is 7.13. The van der Waals surface area contributed by atoms with E-state index in [9.17, 15) is 19.8 Å². The van der Waals surface area contributed by atoms with E-state index in [1.54, 1.807) is 35.9 Å². The average Bonchev–Trinajstić information content (AvgIpc) is 4.52. The summed E-state index contributed by atoms with van der Waals surface area (Å²) in [5.41, 5.74) is 14.3. The molecule has 5 N–H and O–H groups in total. The van der Waals surface area contributed by atoms with Crippen LogP contribution in [0.15, 0.2) is 101 Å². The number of ether oxygens (including phenoxy) is 2. The van der Waals surface area contributed by atoms with Gasteiger partial charge in [0.1, 0.15) is 29.9 Å². The number of pyridine rings is 1. The minimum absolute atomic E-state index is 0.0243. The predicted octanol–water partition coefficient (Wildman–Crippen LogP) is 6.64. The van der Waals surface area contributed by atoms with Crippen LogP contribution in [0.2, 0.25) is 0 Å². The maximum atomic E-state index is 14.4. The van der Waals surface area contributed by atoms with Crippen LogP contribution >= 0.6 is 11.3 Å². The second kappa shape index (κ2) is 23.8. The molecule has 5 aromatic heterocycles. The molecule has 9 heterocycles. The van der Waals surface area contributed by atoms with Gasteiger partial charge in [-0.2, -0.15) is 0 Å². The van der Waals surface area contributed by atoms with Gasteiger partial charge >= 0.3 is 0 Å². The quantitative estimate of drug-likeness (QED) is 0.0741. The minimum atomic E-state index is -0.826. The van der Waals surface area contributed by atoms with E-state index in [0.29, 0.717) is 78.6 Å². The molecule has 21 nitrogen and oxygen atoms in total. The zero-order valence-electron chi connectivity index (χ0n) is 46.9. The number of aliphatic hydroxyl groups excluding tert-OH is 1. The first kappa shape index (κ1) is 55.2. The van der Waals surface area contributed by atoms with Gasteiger partial charge in [-0.15, -0.1) is 21.5 Å². The molecular weight excluding hydrogens is 1070 g/mol. The molecule has 22 heteroatoms. The fraction of sp³-hybridized carbons (Fsp3) is 0.426. The standard InChI is InChI=1S/C61H68N14O7S/c1-36(2)57(61(79)74-34-44(76)25-51(74)60(78)67-37(3)39-11-13-40(14-12-39)58-38(4)66-35-83-58)53-29-55(70-82-53)72-22-20-71(21-23-72)19-7-10-54-64-30-47(31-65-54)80-45-26-46(27-45)81-56-24-41(17-18-63-56)75-42-15-16-43(75)33-73(32-42)50-28-49(68-69-59(50)62)48-8-5-6-9-52(48)77/h5-6,8-9,11-14,17-18,24,28-31,35-37,42-46,51,57,76-77H,15-16,19-23,25-27,32-34H2,1-4H3,(H2,62,69)(H,67,78)/t37-,42+,43?,44+,45?,46?,51-,57-/m0/s1. The molecule has 7 aromatic rings. The number of thiazole rings is 1. The van der Waals surface area contributed by atoms with Gasteiger partial charge in [0.25, 0.3) is 0 Å². The number of nitrogens with two attached hydrogens (primary N) is 1. The molecule has 430 valence electrons. The van der Waals surface area contributed by atoms with Crippen LogP contribution in [0.1, 0.15) is 87.7 Å². The summed E-state index contributed by atoms with van der Waals surface area (Å²) < 4.78 is 18.4. The molecule has 1 aliphatic carbocycles. The number of aryl methyl sites for hydroxylation is 1. The number of aromatic hydroxyl groups is 1. The van der Waals surface area contributed by atoms with E-state index in [1.165, 1.54) is 4.90 Å². The number of para-hydroxylation sites is 1. The van der Waals surface area contributed by atoms with E-state index in [0.717, 1.165) is 72.1 Å². The maximum Gasteiger partial charge on any atom is 0.243 e. The van der Waals surface area contributed by atoms with Gasteiger partial charge in [-0.25, -0.2) is 19.9 Å². The predicted molar refractivity (Wildman–Crippen MR) is 314 cm³/mol. The Kier molecular flexibility index (Phi) is 15.8. The Bertz CT molecular complexity index is 3490. The number of carbonyl (C=O) groups excluding carboxylic acids is 2. The van der Waals surface area contributed by atoms with Crippen LogP contribution < -0.4 is 35.2 Å². The number of β-amino-alcohol motifs (C(OH)–C–C–N with tert-alkyl or cyclic N) is 1. The molecule has 12 rings (SSSR count). The average molecular weight is 1140 g/mol. The number of nitrogens with zero attached hydrogens (tertiary/aromatic N) is 12. The van der Waals surface area contributed by atoms with Gasteiger partial charge < -0.3 is 54.9 Å². The molecule has 4 aliphatic heterocycles. The first-order valence-electron chi connectivity index (χ1n) is 28.6. The number of amides is 2. The van der Waals surface area contributed by atoms with Gasteiger partial charge in [0, 0.05) is 107 Å². The van der Waals surface area contributed by atoms with Gasteiger partial charge in [-0.3, -0.25) is 14.5 Å². The molecule has 5 aliphatic rings. The molecule has 83 heavy (non-hydrogen) atoms. The normalized spacial score (nSPS) is 22.2. The summed E-state index contributed by atoms with van der Waals surface area (Å²) in [6.07, 6.45) is 7.95. The number of hydrogen-bond acceptors (Lipinski definition) is 20. The fourth-order valence-corrected chi connectivity index (χ4v) is 13.0. The summed E-state index contributed by atoms with van der Waals surface area (Å²) in [7, 11) is 0. The molecule has 2 amide bonds. The van der Waals surface area contributed by atoms with Crippen molar-refractivity contribution in [2.24, 2.45) is 5.92 Å². The topological polar surface area (TPSA) is 251 Å². The Balaban J connectivity index is 0.575. The Labute approximate surface area is 485 Å². The molecule has 1 saturated carbocycles. The SMILES string of the molecule is Cc1ncsc1-c1ccc([C@H](C)NC(=O)[C@@H]2C[C@@H](O)CN2C(=O)[C@H](c2cc(N3CCN(CC#Cc4ncc(OC5CC(Oc6cc(N7C8CC[C@@H]7CN(c7cc(-c9ccccc9O)nnc7N)C8)ccn6)C5)cn4)CC3)no2)C(C)C)cc1. The van der Waals surface area contributed by atoms with Crippen molar-refractivity contribution < 1.29 is 33.8 Å². The van der Waals surface area contributed by atoms with E-state index in [4.69, 9.17) is 19.7 Å². The second-order valence-corrected chi connectivity index (χ2v) is 23.5. The third kappa shape index (κ3) is 12.0. The van der Waals surface area contributed by atoms with Crippen LogP contribution in [-0.2, 0) is 9.59 Å². The molecule has 5 fully saturated rings. The van der Waals surface area contributed by atoms with Crippen LogP contribution in [0.4, 0.5) is 23.0 Å². The third-order valence-electron chi connectivity index (χ3n) is 16.7.